The molecule has 0 aliphatic heterocycles. The van der Waals surface area contributed by atoms with E-state index in [0.29, 0.717) is 4.99 Å². The van der Waals surface area contributed by atoms with Crippen molar-refractivity contribution < 1.29 is 0 Å². The van der Waals surface area contributed by atoms with Crippen molar-refractivity contribution in [3.05, 3.63) is 30.3 Å². The normalized spacial score (nSPS) is 10.6. The number of thioether (sulfide) groups is 1. The van der Waals surface area contributed by atoms with Crippen molar-refractivity contribution in [2.75, 3.05) is 25.4 Å². The topological polar surface area (TPSA) is 29.3 Å². The molecule has 0 aromatic heterocycles. The molecule has 2 N–H and O–H groups in total. The molecule has 0 atom stereocenters. The van der Waals surface area contributed by atoms with Crippen LogP contribution < -0.4 is 5.73 Å². The molecule has 0 radical (unpaired) electrons. The molecule has 1 aromatic carbocycles. The molecule has 0 unspecified atom stereocenters. The van der Waals surface area contributed by atoms with Gasteiger partial charge in [0.15, 0.2) is 0 Å². The number of thiocarbonyl (C=S) groups is 1. The molecule has 0 saturated carbocycles. The smallest absolute Gasteiger partial charge is 0.0870 e. The van der Waals surface area contributed by atoms with E-state index in [1.165, 1.54) is 4.90 Å². The van der Waals surface area contributed by atoms with Gasteiger partial charge in [0.25, 0.3) is 0 Å². The maximum Gasteiger partial charge on any atom is 0.0870 e. The van der Waals surface area contributed by atoms with Gasteiger partial charge in [-0.3, -0.25) is 4.90 Å². The van der Waals surface area contributed by atoms with Gasteiger partial charge >= 0.3 is 0 Å². The largest absolute Gasteiger partial charge is 0.392 e. The number of hydrogen-bond donors (Lipinski definition) is 1. The summed E-state index contributed by atoms with van der Waals surface area (Å²) in [6, 6.07) is 10.4. The van der Waals surface area contributed by atoms with Crippen LogP contribution in [-0.2, 0) is 0 Å². The van der Waals surface area contributed by atoms with E-state index in [4.69, 9.17) is 18.0 Å². The number of nitrogens with zero attached hydrogens (tertiary/aromatic N) is 1. The fraction of sp³-hybridized carbons (Fsp3) is 0.417. The van der Waals surface area contributed by atoms with E-state index in [0.717, 1.165) is 25.4 Å². The van der Waals surface area contributed by atoms with E-state index in [9.17, 15) is 0 Å². The van der Waals surface area contributed by atoms with Crippen LogP contribution in [0.3, 0.4) is 0 Å². The summed E-state index contributed by atoms with van der Waals surface area (Å²) in [5.74, 6) is 1.07. The third kappa shape index (κ3) is 5.49. The highest BCUT2D eigenvalue weighted by molar-refractivity contribution is 7.99. The summed E-state index contributed by atoms with van der Waals surface area (Å²) in [5.41, 5.74) is 5.53. The van der Waals surface area contributed by atoms with Crippen molar-refractivity contribution in [3.63, 3.8) is 0 Å². The average Bonchev–Trinajstić information content (AvgIpc) is 2.28. The zero-order chi connectivity index (χ0) is 11.8. The van der Waals surface area contributed by atoms with Crippen LogP contribution >= 0.6 is 24.0 Å². The maximum absolute atomic E-state index is 5.53. The van der Waals surface area contributed by atoms with Crippen LogP contribution in [0.25, 0.3) is 0 Å². The molecule has 4 heteroatoms. The first-order valence-electron chi connectivity index (χ1n) is 5.41. The Bertz CT molecular complexity index is 314. The predicted octanol–water partition coefficient (Wildman–Crippen LogP) is 2.39. The zero-order valence-corrected chi connectivity index (χ0v) is 11.2. The lowest BCUT2D eigenvalue weighted by atomic mass is 10.4. The molecule has 1 aromatic rings. The third-order valence-corrected chi connectivity index (χ3v) is 3.37. The number of likely N-dealkylation sites (N-methyl/N-ethyl adjacent to an activating group) is 1. The summed E-state index contributed by atoms with van der Waals surface area (Å²) in [4.78, 5) is 4.15. The molecular formula is C12H18N2S2. The predicted molar refractivity (Wildman–Crippen MR) is 76.1 cm³/mol. The van der Waals surface area contributed by atoms with Crippen molar-refractivity contribution in [2.45, 2.75) is 11.8 Å². The average molecular weight is 254 g/mol. The van der Waals surface area contributed by atoms with Crippen LogP contribution in [0, 0.1) is 0 Å². The molecule has 0 aliphatic rings. The summed E-state index contributed by atoms with van der Waals surface area (Å²) in [6.45, 7) is 4.87. The van der Waals surface area contributed by atoms with Crippen LogP contribution in [0.15, 0.2) is 35.2 Å². The third-order valence-electron chi connectivity index (χ3n) is 2.25. The van der Waals surface area contributed by atoms with Crippen LogP contribution in [0.1, 0.15) is 6.92 Å². The Morgan fingerprint density at radius 2 is 2.06 bits per heavy atom. The minimum absolute atomic E-state index is 0.576. The van der Waals surface area contributed by atoms with Crippen LogP contribution in [0.2, 0.25) is 0 Å². The number of nitrogens with two attached hydrogens (primary N) is 1. The van der Waals surface area contributed by atoms with E-state index in [1.54, 1.807) is 0 Å². The van der Waals surface area contributed by atoms with E-state index < -0.39 is 0 Å². The first-order chi connectivity index (χ1) is 7.72. The Morgan fingerprint density at radius 3 is 2.62 bits per heavy atom. The molecule has 0 amide bonds. The molecule has 1 rings (SSSR count). The van der Waals surface area contributed by atoms with Crippen molar-refractivity contribution in [2.24, 2.45) is 5.73 Å². The number of hydrogen-bond acceptors (Lipinski definition) is 3. The van der Waals surface area contributed by atoms with Gasteiger partial charge in [0.2, 0.25) is 0 Å². The summed E-state index contributed by atoms with van der Waals surface area (Å²) in [6.07, 6.45) is 0. The molecule has 0 fully saturated rings. The number of benzene rings is 1. The molecule has 88 valence electrons. The van der Waals surface area contributed by atoms with Crippen molar-refractivity contribution in [1.29, 1.82) is 0 Å². The second-order valence-corrected chi connectivity index (χ2v) is 5.19. The van der Waals surface area contributed by atoms with Crippen LogP contribution in [0.5, 0.6) is 0 Å². The molecular weight excluding hydrogens is 236 g/mol. The van der Waals surface area contributed by atoms with Crippen molar-refractivity contribution in [3.8, 4) is 0 Å². The Labute approximate surface area is 107 Å². The first-order valence-corrected chi connectivity index (χ1v) is 6.80. The molecule has 0 saturated heterocycles. The van der Waals surface area contributed by atoms with Gasteiger partial charge < -0.3 is 5.73 Å². The van der Waals surface area contributed by atoms with E-state index in [2.05, 4.69) is 36.1 Å². The molecule has 0 spiro atoms. The van der Waals surface area contributed by atoms with E-state index in [1.807, 2.05) is 17.8 Å². The second kappa shape index (κ2) is 7.65. The Morgan fingerprint density at radius 1 is 1.38 bits per heavy atom. The Balaban J connectivity index is 2.26. The highest BCUT2D eigenvalue weighted by atomic mass is 32.2. The summed E-state index contributed by atoms with van der Waals surface area (Å²) < 4.78 is 0. The lowest BCUT2D eigenvalue weighted by Gasteiger charge is -2.18. The fourth-order valence-electron chi connectivity index (χ4n) is 1.38. The first kappa shape index (κ1) is 13.5. The second-order valence-electron chi connectivity index (χ2n) is 3.50. The minimum Gasteiger partial charge on any atom is -0.392 e. The van der Waals surface area contributed by atoms with Crippen LogP contribution in [-0.4, -0.2) is 35.3 Å². The summed E-state index contributed by atoms with van der Waals surface area (Å²) in [7, 11) is 0. The molecule has 0 heterocycles. The molecule has 16 heavy (non-hydrogen) atoms. The van der Waals surface area contributed by atoms with Gasteiger partial charge in [-0.2, -0.15) is 0 Å². The highest BCUT2D eigenvalue weighted by Crippen LogP contribution is 2.16. The summed E-state index contributed by atoms with van der Waals surface area (Å²) in [5, 5.41) is 0. The lowest BCUT2D eigenvalue weighted by Crippen LogP contribution is -2.34. The van der Waals surface area contributed by atoms with Gasteiger partial charge in [0, 0.05) is 23.7 Å². The van der Waals surface area contributed by atoms with E-state index in [-0.39, 0.29) is 0 Å². The van der Waals surface area contributed by atoms with Crippen LogP contribution in [0.4, 0.5) is 0 Å². The van der Waals surface area contributed by atoms with Gasteiger partial charge in [-0.25, -0.2) is 0 Å². The molecule has 0 bridgehead atoms. The summed E-state index contributed by atoms with van der Waals surface area (Å²) >= 11 is 6.78. The highest BCUT2D eigenvalue weighted by Gasteiger charge is 2.03. The fourth-order valence-corrected chi connectivity index (χ4v) is 2.50. The standard InChI is InChI=1S/C12H18N2S2/c1-2-14(10-12(13)15)8-9-16-11-6-4-3-5-7-11/h3-7H,2,8-10H2,1H3,(H2,13,15). The lowest BCUT2D eigenvalue weighted by molar-refractivity contribution is 0.350. The van der Waals surface area contributed by atoms with Crippen molar-refractivity contribution >= 4 is 29.0 Å². The Hall–Kier alpha value is -0.580. The van der Waals surface area contributed by atoms with Gasteiger partial charge in [0.05, 0.1) is 4.99 Å². The maximum atomic E-state index is 5.53. The van der Waals surface area contributed by atoms with Gasteiger partial charge in [-0.15, -0.1) is 11.8 Å². The quantitative estimate of drug-likeness (QED) is 0.597. The molecule has 0 aliphatic carbocycles. The molecule has 2 nitrogen and oxygen atoms in total. The van der Waals surface area contributed by atoms with E-state index >= 15 is 0 Å². The van der Waals surface area contributed by atoms with Gasteiger partial charge in [0.1, 0.15) is 0 Å². The zero-order valence-electron chi connectivity index (χ0n) is 9.56. The minimum atomic E-state index is 0.576. The monoisotopic (exact) mass is 254 g/mol. The van der Waals surface area contributed by atoms with Crippen molar-refractivity contribution in [1.82, 2.24) is 4.90 Å². The van der Waals surface area contributed by atoms with Gasteiger partial charge in [-0.05, 0) is 18.7 Å². The van der Waals surface area contributed by atoms with Gasteiger partial charge in [-0.1, -0.05) is 37.3 Å². The SMILES string of the molecule is CCN(CCSc1ccccc1)CC(N)=S. The number of rotatable bonds is 7. The Kier molecular flexibility index (Phi) is 6.45.